The average molecular weight is 334 g/mol. The quantitative estimate of drug-likeness (QED) is 0.757. The molecule has 0 aromatic heterocycles. The minimum Gasteiger partial charge on any atom is -0.299 e. The van der Waals surface area contributed by atoms with E-state index in [1.54, 1.807) is 6.92 Å². The standard InChI is InChI=1S/C12H14Br2O/c1-7-4-10(6-11(13)5-7)8(2)12(14)9(3)15/h4-6,8,12H,1-3H3. The molecular formula is C12H14Br2O. The molecule has 0 heterocycles. The fourth-order valence-electron chi connectivity index (χ4n) is 1.55. The van der Waals surface area contributed by atoms with Gasteiger partial charge in [-0.2, -0.15) is 0 Å². The lowest BCUT2D eigenvalue weighted by Gasteiger charge is -2.17. The van der Waals surface area contributed by atoms with Crippen molar-refractivity contribution in [2.75, 3.05) is 0 Å². The van der Waals surface area contributed by atoms with Crippen molar-refractivity contribution in [3.63, 3.8) is 0 Å². The number of halogens is 2. The number of carbonyl (C=O) groups is 1. The number of ketones is 1. The maximum Gasteiger partial charge on any atom is 0.144 e. The van der Waals surface area contributed by atoms with E-state index in [-0.39, 0.29) is 16.5 Å². The normalized spacial score (nSPS) is 14.7. The number of rotatable bonds is 3. The molecule has 2 unspecified atom stereocenters. The molecule has 0 N–H and O–H groups in total. The van der Waals surface area contributed by atoms with E-state index in [2.05, 4.69) is 63.9 Å². The molecule has 0 saturated carbocycles. The van der Waals surface area contributed by atoms with Crippen molar-refractivity contribution in [2.45, 2.75) is 31.5 Å². The summed E-state index contributed by atoms with van der Waals surface area (Å²) >= 11 is 6.90. The number of carbonyl (C=O) groups excluding carboxylic acids is 1. The van der Waals surface area contributed by atoms with Crippen LogP contribution in [0.4, 0.5) is 0 Å². The monoisotopic (exact) mass is 332 g/mol. The van der Waals surface area contributed by atoms with Gasteiger partial charge in [0.25, 0.3) is 0 Å². The summed E-state index contributed by atoms with van der Waals surface area (Å²) in [7, 11) is 0. The van der Waals surface area contributed by atoms with E-state index in [9.17, 15) is 4.79 Å². The second kappa shape index (κ2) is 5.26. The Morgan fingerprint density at radius 1 is 1.33 bits per heavy atom. The van der Waals surface area contributed by atoms with Crippen LogP contribution in [-0.4, -0.2) is 10.6 Å². The number of alkyl halides is 1. The number of hydrogen-bond acceptors (Lipinski definition) is 1. The van der Waals surface area contributed by atoms with Crippen LogP contribution in [0, 0.1) is 6.92 Å². The summed E-state index contributed by atoms with van der Waals surface area (Å²) in [6, 6.07) is 6.24. The summed E-state index contributed by atoms with van der Waals surface area (Å²) in [5.74, 6) is 0.360. The third-order valence-electron chi connectivity index (χ3n) is 2.42. The third-order valence-corrected chi connectivity index (χ3v) is 4.31. The summed E-state index contributed by atoms with van der Waals surface area (Å²) in [4.78, 5) is 11.2. The largest absolute Gasteiger partial charge is 0.299 e. The van der Waals surface area contributed by atoms with Crippen LogP contribution in [0.25, 0.3) is 0 Å². The summed E-state index contributed by atoms with van der Waals surface area (Å²) < 4.78 is 1.06. The molecule has 0 radical (unpaired) electrons. The van der Waals surface area contributed by atoms with Gasteiger partial charge in [-0.25, -0.2) is 0 Å². The van der Waals surface area contributed by atoms with Gasteiger partial charge in [-0.05, 0) is 37.1 Å². The summed E-state index contributed by atoms with van der Waals surface area (Å²) in [5.41, 5.74) is 2.38. The van der Waals surface area contributed by atoms with Gasteiger partial charge in [-0.1, -0.05) is 44.8 Å². The molecule has 82 valence electrons. The molecule has 2 atom stereocenters. The third kappa shape index (κ3) is 3.42. The number of hydrogen-bond donors (Lipinski definition) is 0. The Morgan fingerprint density at radius 3 is 2.40 bits per heavy atom. The Morgan fingerprint density at radius 2 is 1.93 bits per heavy atom. The molecular weight excluding hydrogens is 320 g/mol. The van der Waals surface area contributed by atoms with Gasteiger partial charge >= 0.3 is 0 Å². The highest BCUT2D eigenvalue weighted by atomic mass is 79.9. The average Bonchev–Trinajstić information content (AvgIpc) is 2.13. The highest BCUT2D eigenvalue weighted by Gasteiger charge is 2.20. The first-order chi connectivity index (χ1) is 6.91. The van der Waals surface area contributed by atoms with Crippen LogP contribution < -0.4 is 0 Å². The lowest BCUT2D eigenvalue weighted by molar-refractivity contribution is -0.116. The summed E-state index contributed by atoms with van der Waals surface area (Å²) in [6.07, 6.45) is 0. The number of aryl methyl sites for hydroxylation is 1. The molecule has 1 aromatic carbocycles. The van der Waals surface area contributed by atoms with Crippen molar-refractivity contribution >= 4 is 37.6 Å². The van der Waals surface area contributed by atoms with E-state index in [1.807, 2.05) is 0 Å². The van der Waals surface area contributed by atoms with Crippen molar-refractivity contribution in [1.82, 2.24) is 0 Å². The fraction of sp³-hybridized carbons (Fsp3) is 0.417. The van der Waals surface area contributed by atoms with Crippen LogP contribution in [0.5, 0.6) is 0 Å². The van der Waals surface area contributed by atoms with Crippen molar-refractivity contribution < 1.29 is 4.79 Å². The first-order valence-electron chi connectivity index (χ1n) is 4.83. The molecule has 3 heteroatoms. The summed E-state index contributed by atoms with van der Waals surface area (Å²) in [6.45, 7) is 5.72. The molecule has 0 bridgehead atoms. The van der Waals surface area contributed by atoms with E-state index in [4.69, 9.17) is 0 Å². The molecule has 1 nitrogen and oxygen atoms in total. The highest BCUT2D eigenvalue weighted by Crippen LogP contribution is 2.28. The van der Waals surface area contributed by atoms with Crippen LogP contribution in [0.3, 0.4) is 0 Å². The predicted octanol–water partition coefficient (Wildman–Crippen LogP) is 4.21. The van der Waals surface area contributed by atoms with Gasteiger partial charge in [-0.3, -0.25) is 4.79 Å². The van der Waals surface area contributed by atoms with Gasteiger partial charge in [-0.15, -0.1) is 0 Å². The van der Waals surface area contributed by atoms with Gasteiger partial charge in [0, 0.05) is 10.4 Å². The van der Waals surface area contributed by atoms with Crippen molar-refractivity contribution in [1.29, 1.82) is 0 Å². The minimum atomic E-state index is -0.105. The zero-order valence-corrected chi connectivity index (χ0v) is 12.2. The van der Waals surface area contributed by atoms with Gasteiger partial charge in [0.15, 0.2) is 0 Å². The zero-order valence-electron chi connectivity index (χ0n) is 9.05. The van der Waals surface area contributed by atoms with Crippen LogP contribution in [0.15, 0.2) is 22.7 Å². The molecule has 0 saturated heterocycles. The van der Waals surface area contributed by atoms with Crippen LogP contribution in [0.2, 0.25) is 0 Å². The van der Waals surface area contributed by atoms with Crippen LogP contribution >= 0.6 is 31.9 Å². The van der Waals surface area contributed by atoms with Gasteiger partial charge in [0.05, 0.1) is 4.83 Å². The van der Waals surface area contributed by atoms with Gasteiger partial charge < -0.3 is 0 Å². The molecule has 0 aliphatic heterocycles. The van der Waals surface area contributed by atoms with Crippen molar-refractivity contribution in [2.24, 2.45) is 0 Å². The first-order valence-corrected chi connectivity index (χ1v) is 6.54. The topological polar surface area (TPSA) is 17.1 Å². The van der Waals surface area contributed by atoms with Gasteiger partial charge in [0.2, 0.25) is 0 Å². The molecule has 1 aromatic rings. The van der Waals surface area contributed by atoms with Crippen molar-refractivity contribution in [3.05, 3.63) is 33.8 Å². The van der Waals surface area contributed by atoms with E-state index < -0.39 is 0 Å². The number of benzene rings is 1. The SMILES string of the molecule is CC(=O)C(Br)C(C)c1cc(C)cc(Br)c1. The molecule has 1 rings (SSSR count). The Labute approximate surface area is 108 Å². The van der Waals surface area contributed by atoms with Gasteiger partial charge in [0.1, 0.15) is 5.78 Å². The molecule has 15 heavy (non-hydrogen) atoms. The van der Waals surface area contributed by atoms with E-state index in [0.717, 1.165) is 4.47 Å². The molecule has 0 aliphatic carbocycles. The lowest BCUT2D eigenvalue weighted by Crippen LogP contribution is -2.17. The Kier molecular flexibility index (Phi) is 4.53. The zero-order chi connectivity index (χ0) is 11.6. The maximum absolute atomic E-state index is 11.3. The Balaban J connectivity index is 3.00. The smallest absolute Gasteiger partial charge is 0.144 e. The molecule has 0 fully saturated rings. The second-order valence-corrected chi connectivity index (χ2v) is 5.77. The fourth-order valence-corrected chi connectivity index (χ4v) is 2.48. The maximum atomic E-state index is 11.3. The predicted molar refractivity (Wildman–Crippen MR) is 70.7 cm³/mol. The van der Waals surface area contributed by atoms with Crippen molar-refractivity contribution in [3.8, 4) is 0 Å². The van der Waals surface area contributed by atoms with E-state index >= 15 is 0 Å². The summed E-state index contributed by atoms with van der Waals surface area (Å²) in [5, 5.41) is 0. The lowest BCUT2D eigenvalue weighted by atomic mass is 9.95. The Bertz CT molecular complexity index is 354. The number of Topliss-reactive ketones (excluding diaryl/α,β-unsaturated/α-hetero) is 1. The first kappa shape index (κ1) is 12.9. The molecule has 0 amide bonds. The van der Waals surface area contributed by atoms with Crippen LogP contribution in [0.1, 0.15) is 30.9 Å². The van der Waals surface area contributed by atoms with E-state index in [1.165, 1.54) is 11.1 Å². The minimum absolute atomic E-state index is 0.105. The molecule has 0 aliphatic rings. The van der Waals surface area contributed by atoms with E-state index in [0.29, 0.717) is 0 Å². The molecule has 0 spiro atoms. The second-order valence-electron chi connectivity index (χ2n) is 3.86. The van der Waals surface area contributed by atoms with Crippen LogP contribution in [-0.2, 0) is 4.79 Å². The Hall–Kier alpha value is -0.150. The highest BCUT2D eigenvalue weighted by molar-refractivity contribution is 9.10.